The maximum atomic E-state index is 12.3. The highest BCUT2D eigenvalue weighted by atomic mass is 16.3. The van der Waals surface area contributed by atoms with Gasteiger partial charge in [0.15, 0.2) is 0 Å². The average Bonchev–Trinajstić information content (AvgIpc) is 2.98. The fourth-order valence-electron chi connectivity index (χ4n) is 4.69. The average molecular weight is 592 g/mol. The summed E-state index contributed by atoms with van der Waals surface area (Å²) < 4.78 is 0. The molecule has 42 heavy (non-hydrogen) atoms. The summed E-state index contributed by atoms with van der Waals surface area (Å²) in [5.74, 6) is -0.287. The molecule has 0 aromatic rings. The van der Waals surface area contributed by atoms with Gasteiger partial charge < -0.3 is 25.7 Å². The molecule has 1 amide bonds. The summed E-state index contributed by atoms with van der Waals surface area (Å²) in [6.45, 7) is 4.09. The number of allylic oxidation sites excluding steroid dienone is 6. The Kier molecular flexibility index (Phi) is 29.5. The van der Waals surface area contributed by atoms with Crippen molar-refractivity contribution >= 4 is 5.91 Å². The molecular formula is C36H65NO5. The molecule has 0 saturated heterocycles. The SMILES string of the molecule is CCCCC/C=C\C/C=C\C/C=C\CC(O)C(O)CCCC(=O)N[C@@H](CO)[C@H](O)/C=C/CCCCCCCCCCC. The number of unbranched alkanes of at least 4 members (excludes halogenated alkanes) is 12. The summed E-state index contributed by atoms with van der Waals surface area (Å²) in [5, 5.41) is 43.1. The summed E-state index contributed by atoms with van der Waals surface area (Å²) >= 11 is 0. The van der Waals surface area contributed by atoms with Gasteiger partial charge in [0, 0.05) is 6.42 Å². The van der Waals surface area contributed by atoms with Crippen LogP contribution in [-0.2, 0) is 4.79 Å². The minimum Gasteiger partial charge on any atom is -0.394 e. The summed E-state index contributed by atoms with van der Waals surface area (Å²) in [4.78, 5) is 12.3. The number of hydrogen-bond acceptors (Lipinski definition) is 5. The van der Waals surface area contributed by atoms with Gasteiger partial charge in [-0.15, -0.1) is 0 Å². The van der Waals surface area contributed by atoms with Gasteiger partial charge in [-0.05, 0) is 57.8 Å². The van der Waals surface area contributed by atoms with Crippen molar-refractivity contribution in [2.75, 3.05) is 6.61 Å². The van der Waals surface area contributed by atoms with Crippen LogP contribution in [-0.4, -0.2) is 57.3 Å². The third-order valence-corrected chi connectivity index (χ3v) is 7.51. The van der Waals surface area contributed by atoms with E-state index >= 15 is 0 Å². The minimum atomic E-state index is -0.946. The number of rotatable bonds is 29. The van der Waals surface area contributed by atoms with Gasteiger partial charge in [-0.2, -0.15) is 0 Å². The second-order valence-electron chi connectivity index (χ2n) is 11.5. The lowest BCUT2D eigenvalue weighted by Crippen LogP contribution is -2.45. The second-order valence-corrected chi connectivity index (χ2v) is 11.5. The van der Waals surface area contributed by atoms with Crippen LogP contribution in [0.2, 0.25) is 0 Å². The van der Waals surface area contributed by atoms with E-state index in [-0.39, 0.29) is 18.9 Å². The Labute approximate surface area is 258 Å². The van der Waals surface area contributed by atoms with Gasteiger partial charge in [-0.1, -0.05) is 127 Å². The summed E-state index contributed by atoms with van der Waals surface area (Å²) in [6, 6.07) is -0.756. The first kappa shape index (κ1) is 40.3. The van der Waals surface area contributed by atoms with Gasteiger partial charge in [-0.25, -0.2) is 0 Å². The summed E-state index contributed by atoms with van der Waals surface area (Å²) in [6.07, 6.45) is 33.6. The molecule has 244 valence electrons. The van der Waals surface area contributed by atoms with E-state index < -0.39 is 24.4 Å². The van der Waals surface area contributed by atoms with Crippen LogP contribution in [0, 0.1) is 0 Å². The first-order valence-electron chi connectivity index (χ1n) is 17.0. The van der Waals surface area contributed by atoms with E-state index in [1.165, 1.54) is 70.6 Å². The molecule has 0 aromatic carbocycles. The highest BCUT2D eigenvalue weighted by molar-refractivity contribution is 5.76. The molecule has 4 atom stereocenters. The second kappa shape index (κ2) is 30.7. The zero-order chi connectivity index (χ0) is 31.1. The Balaban J connectivity index is 4.00. The van der Waals surface area contributed by atoms with Crippen LogP contribution in [0.3, 0.4) is 0 Å². The minimum absolute atomic E-state index is 0.156. The van der Waals surface area contributed by atoms with Crippen molar-refractivity contribution < 1.29 is 25.2 Å². The molecule has 0 bridgehead atoms. The number of nitrogens with one attached hydrogen (secondary N) is 1. The van der Waals surface area contributed by atoms with Gasteiger partial charge in [0.2, 0.25) is 5.91 Å². The molecule has 0 fully saturated rings. The highest BCUT2D eigenvalue weighted by Crippen LogP contribution is 2.12. The van der Waals surface area contributed by atoms with Crippen LogP contribution >= 0.6 is 0 Å². The lowest BCUT2D eigenvalue weighted by atomic mass is 10.0. The monoisotopic (exact) mass is 591 g/mol. The Morgan fingerprint density at radius 3 is 1.81 bits per heavy atom. The van der Waals surface area contributed by atoms with Crippen LogP contribution in [0.1, 0.15) is 142 Å². The molecule has 0 aliphatic carbocycles. The lowest BCUT2D eigenvalue weighted by molar-refractivity contribution is -0.123. The van der Waals surface area contributed by atoms with Crippen LogP contribution in [0.15, 0.2) is 48.6 Å². The Morgan fingerprint density at radius 2 is 1.17 bits per heavy atom. The smallest absolute Gasteiger partial charge is 0.220 e. The van der Waals surface area contributed by atoms with Crippen molar-refractivity contribution in [3.05, 3.63) is 48.6 Å². The first-order chi connectivity index (χ1) is 20.5. The number of amides is 1. The number of carbonyl (C=O) groups is 1. The van der Waals surface area contributed by atoms with Gasteiger partial charge in [-0.3, -0.25) is 4.79 Å². The molecule has 2 unspecified atom stereocenters. The molecule has 0 saturated carbocycles. The topological polar surface area (TPSA) is 110 Å². The van der Waals surface area contributed by atoms with Crippen molar-refractivity contribution in [1.82, 2.24) is 5.32 Å². The van der Waals surface area contributed by atoms with E-state index in [0.29, 0.717) is 19.3 Å². The first-order valence-corrected chi connectivity index (χ1v) is 17.0. The van der Waals surface area contributed by atoms with Crippen molar-refractivity contribution in [3.8, 4) is 0 Å². The molecule has 0 aromatic heterocycles. The van der Waals surface area contributed by atoms with E-state index in [4.69, 9.17) is 0 Å². The van der Waals surface area contributed by atoms with Crippen molar-refractivity contribution in [2.45, 2.75) is 167 Å². The molecular weight excluding hydrogens is 526 g/mol. The van der Waals surface area contributed by atoms with E-state index in [1.54, 1.807) is 6.08 Å². The van der Waals surface area contributed by atoms with Crippen LogP contribution in [0.4, 0.5) is 0 Å². The van der Waals surface area contributed by atoms with Gasteiger partial charge in [0.1, 0.15) is 0 Å². The van der Waals surface area contributed by atoms with E-state index in [9.17, 15) is 25.2 Å². The zero-order valence-electron chi connectivity index (χ0n) is 27.0. The van der Waals surface area contributed by atoms with Gasteiger partial charge in [0.25, 0.3) is 0 Å². The van der Waals surface area contributed by atoms with Gasteiger partial charge in [0.05, 0.1) is 31.0 Å². The predicted octanol–water partition coefficient (Wildman–Crippen LogP) is 7.61. The van der Waals surface area contributed by atoms with E-state index in [0.717, 1.165) is 32.1 Å². The standard InChI is InChI=1S/C36H65NO5/c1-3-5-7-9-11-13-15-17-19-21-23-25-28-34(40)35(41)29-26-30-36(42)37-32(31-38)33(39)27-24-22-20-18-16-14-12-10-8-6-4-2/h11,13,17,19,23-25,27,32-35,38-41H,3-10,12,14-16,18,20-22,26,28-31H2,1-2H3,(H,37,42)/b13-11-,19-17-,25-23-,27-24+/t32-,33+,34?,35?/m0/s1. The third-order valence-electron chi connectivity index (χ3n) is 7.51. The predicted molar refractivity (Wildman–Crippen MR) is 177 cm³/mol. The quantitative estimate of drug-likeness (QED) is 0.0454. The third kappa shape index (κ3) is 25.9. The molecule has 0 aliphatic heterocycles. The Hall–Kier alpha value is -1.73. The summed E-state index contributed by atoms with van der Waals surface area (Å²) in [5.41, 5.74) is 0. The molecule has 5 N–H and O–H groups in total. The lowest BCUT2D eigenvalue weighted by Gasteiger charge is -2.20. The Morgan fingerprint density at radius 1 is 0.643 bits per heavy atom. The van der Waals surface area contributed by atoms with Crippen molar-refractivity contribution in [1.29, 1.82) is 0 Å². The normalized spacial score (nSPS) is 15.3. The van der Waals surface area contributed by atoms with E-state index in [1.807, 2.05) is 18.2 Å². The van der Waals surface area contributed by atoms with Crippen LogP contribution in [0.5, 0.6) is 0 Å². The summed E-state index contributed by atoms with van der Waals surface area (Å²) in [7, 11) is 0. The maximum Gasteiger partial charge on any atom is 0.220 e. The fourth-order valence-corrected chi connectivity index (χ4v) is 4.69. The van der Waals surface area contributed by atoms with Crippen molar-refractivity contribution in [3.63, 3.8) is 0 Å². The number of hydrogen-bond donors (Lipinski definition) is 5. The number of aliphatic hydroxyl groups excluding tert-OH is 4. The fraction of sp³-hybridized carbons (Fsp3) is 0.750. The largest absolute Gasteiger partial charge is 0.394 e. The zero-order valence-corrected chi connectivity index (χ0v) is 27.0. The maximum absolute atomic E-state index is 12.3. The van der Waals surface area contributed by atoms with Crippen LogP contribution < -0.4 is 5.32 Å². The number of aliphatic hydroxyl groups is 4. The Bertz CT molecular complexity index is 718. The molecule has 0 spiro atoms. The number of carbonyl (C=O) groups excluding carboxylic acids is 1. The highest BCUT2D eigenvalue weighted by Gasteiger charge is 2.19. The molecule has 0 aliphatic rings. The van der Waals surface area contributed by atoms with E-state index in [2.05, 4.69) is 43.5 Å². The van der Waals surface area contributed by atoms with Crippen LogP contribution in [0.25, 0.3) is 0 Å². The van der Waals surface area contributed by atoms with Crippen molar-refractivity contribution in [2.24, 2.45) is 0 Å². The molecule has 6 nitrogen and oxygen atoms in total. The molecule has 0 heterocycles. The molecule has 0 rings (SSSR count). The molecule has 0 radical (unpaired) electrons. The molecule has 6 heteroatoms. The van der Waals surface area contributed by atoms with Gasteiger partial charge >= 0.3 is 0 Å².